The normalized spacial score (nSPS) is 23.4. The molecule has 0 aromatic rings. The quantitative estimate of drug-likeness (QED) is 0.366. The summed E-state index contributed by atoms with van der Waals surface area (Å²) in [5.41, 5.74) is -15.4. The van der Waals surface area contributed by atoms with Crippen LogP contribution < -0.4 is 0 Å². The lowest BCUT2D eigenvalue weighted by Crippen LogP contribution is -2.82. The lowest BCUT2D eigenvalue weighted by atomic mass is 9.71. The van der Waals surface area contributed by atoms with Crippen LogP contribution in [0, 0.1) is 0 Å². The molecule has 0 radical (unpaired) electrons. The Kier molecular flexibility index (Phi) is 7.93. The van der Waals surface area contributed by atoms with Crippen molar-refractivity contribution in [2.75, 3.05) is 0 Å². The van der Waals surface area contributed by atoms with Crippen molar-refractivity contribution in [2.45, 2.75) is 91.4 Å². The van der Waals surface area contributed by atoms with Crippen molar-refractivity contribution in [1.29, 1.82) is 0 Å². The molecule has 0 aliphatic carbocycles. The van der Waals surface area contributed by atoms with Gasteiger partial charge in [0.2, 0.25) is 11.2 Å². The van der Waals surface area contributed by atoms with Gasteiger partial charge in [0.25, 0.3) is 0 Å². The summed E-state index contributed by atoms with van der Waals surface area (Å²) >= 11 is 0. The van der Waals surface area contributed by atoms with E-state index >= 15 is 0 Å². The number of aliphatic hydroxyl groups is 2. The van der Waals surface area contributed by atoms with Crippen LogP contribution in [-0.2, 0) is 9.47 Å². The van der Waals surface area contributed by atoms with Crippen molar-refractivity contribution in [2.24, 2.45) is 0 Å². The van der Waals surface area contributed by atoms with Crippen molar-refractivity contribution in [3.05, 3.63) is 0 Å². The van der Waals surface area contributed by atoms with E-state index in [1.54, 1.807) is 0 Å². The highest BCUT2D eigenvalue weighted by molar-refractivity contribution is 5.24. The Hall–Kier alpha value is -1.56. The van der Waals surface area contributed by atoms with Crippen LogP contribution in [0.1, 0.15) is 13.8 Å². The maximum atomic E-state index is 14.1. The monoisotopic (exact) mass is 634 g/mol. The number of ether oxygens (including phenoxy) is 2. The zero-order chi connectivity index (χ0) is 32.1. The Morgan fingerprint density at radius 2 is 0.564 bits per heavy atom. The fourth-order valence-corrected chi connectivity index (χ4v) is 3.34. The molecule has 39 heavy (non-hydrogen) atoms. The fourth-order valence-electron chi connectivity index (χ4n) is 3.34. The predicted molar refractivity (Wildman–Crippen MR) is 77.7 cm³/mol. The van der Waals surface area contributed by atoms with Crippen molar-refractivity contribution >= 4 is 0 Å². The van der Waals surface area contributed by atoms with Crippen LogP contribution in [0.25, 0.3) is 0 Å². The van der Waals surface area contributed by atoms with Gasteiger partial charge >= 0.3 is 48.4 Å². The zero-order valence-electron chi connectivity index (χ0n) is 17.9. The maximum Gasteiger partial charge on any atom is 0.456 e. The van der Waals surface area contributed by atoms with Crippen LogP contribution in [0.15, 0.2) is 0 Å². The van der Waals surface area contributed by atoms with Crippen molar-refractivity contribution < 1.29 is 107 Å². The summed E-state index contributed by atoms with van der Waals surface area (Å²) in [6.07, 6.45) is -43.1. The molecule has 2 atom stereocenters. The molecule has 0 aromatic carbocycles. The molecule has 0 saturated carbocycles. The van der Waals surface area contributed by atoms with E-state index in [-0.39, 0.29) is 13.8 Å². The first-order chi connectivity index (χ1) is 16.4. The van der Waals surface area contributed by atoms with Crippen LogP contribution >= 0.6 is 0 Å². The van der Waals surface area contributed by atoms with E-state index in [1.165, 1.54) is 0 Å². The van der Waals surface area contributed by atoms with Gasteiger partial charge in [0.1, 0.15) is 12.2 Å². The first kappa shape index (κ1) is 35.5. The summed E-state index contributed by atoms with van der Waals surface area (Å²) < 4.78 is 275. The van der Waals surface area contributed by atoms with Gasteiger partial charge < -0.3 is 19.7 Å². The van der Waals surface area contributed by atoms with Crippen molar-refractivity contribution in [1.82, 2.24) is 0 Å². The zero-order valence-corrected chi connectivity index (χ0v) is 17.9. The van der Waals surface area contributed by atoms with E-state index in [0.717, 1.165) is 0 Å². The molecule has 0 unspecified atom stereocenters. The third kappa shape index (κ3) is 4.65. The van der Waals surface area contributed by atoms with Crippen LogP contribution in [0.4, 0.5) is 87.8 Å². The number of hydrogen-bond donors (Lipinski definition) is 2. The second-order valence-corrected chi connectivity index (χ2v) is 8.30. The molecule has 0 aromatic heterocycles. The van der Waals surface area contributed by atoms with Crippen LogP contribution in [0.5, 0.6) is 0 Å². The van der Waals surface area contributed by atoms with Gasteiger partial charge in [-0.2, -0.15) is 87.8 Å². The molecular weight excluding hydrogens is 624 g/mol. The minimum atomic E-state index is -8.16. The van der Waals surface area contributed by atoms with E-state index in [4.69, 9.17) is 0 Å². The first-order valence-corrected chi connectivity index (χ1v) is 9.02. The third-order valence-electron chi connectivity index (χ3n) is 5.26. The molecule has 24 heteroatoms. The molecule has 1 fully saturated rings. The molecule has 1 rings (SSSR count). The highest BCUT2D eigenvalue weighted by atomic mass is 19.4. The largest absolute Gasteiger partial charge is 0.456 e. The number of halogens is 20. The lowest BCUT2D eigenvalue weighted by Gasteiger charge is -2.50. The molecule has 1 saturated heterocycles. The van der Waals surface area contributed by atoms with Crippen LogP contribution in [0.3, 0.4) is 0 Å². The van der Waals surface area contributed by atoms with E-state index in [0.29, 0.717) is 0 Å². The Labute approximate surface area is 200 Å². The average molecular weight is 634 g/mol. The van der Waals surface area contributed by atoms with Crippen LogP contribution in [0.2, 0.25) is 0 Å². The third-order valence-corrected chi connectivity index (χ3v) is 5.26. The Bertz CT molecular complexity index is 786. The van der Waals surface area contributed by atoms with E-state index in [9.17, 15) is 98.0 Å². The van der Waals surface area contributed by atoms with E-state index in [1.807, 2.05) is 0 Å². The van der Waals surface area contributed by atoms with Gasteiger partial charge in [-0.1, -0.05) is 0 Å². The molecular formula is C15H10F20O4. The molecule has 0 amide bonds. The van der Waals surface area contributed by atoms with Crippen molar-refractivity contribution in [3.63, 3.8) is 0 Å². The van der Waals surface area contributed by atoms with Gasteiger partial charge in [0.05, 0.1) is 0 Å². The van der Waals surface area contributed by atoms with Crippen LogP contribution in [-0.4, -0.2) is 87.8 Å². The molecule has 1 aliphatic heterocycles. The predicted octanol–water partition coefficient (Wildman–Crippen LogP) is 5.76. The number of alkyl halides is 20. The minimum absolute atomic E-state index is 0.185. The summed E-state index contributed by atoms with van der Waals surface area (Å²) in [6, 6.07) is 0. The van der Waals surface area contributed by atoms with Gasteiger partial charge in [-0.25, -0.2) is 0 Å². The summed E-state index contributed by atoms with van der Waals surface area (Å²) in [6.45, 7) is -0.370. The molecule has 2 N–H and O–H groups in total. The van der Waals surface area contributed by atoms with E-state index < -0.39 is 77.6 Å². The molecule has 234 valence electrons. The summed E-state index contributed by atoms with van der Waals surface area (Å²) in [4.78, 5) is 0. The van der Waals surface area contributed by atoms with Gasteiger partial charge in [0.15, 0.2) is 5.79 Å². The summed E-state index contributed by atoms with van der Waals surface area (Å²) in [7, 11) is 0. The lowest BCUT2D eigenvalue weighted by molar-refractivity contribution is -0.459. The van der Waals surface area contributed by atoms with Gasteiger partial charge in [-0.05, 0) is 13.8 Å². The molecule has 0 bridgehead atoms. The number of hydrogen-bond acceptors (Lipinski definition) is 4. The van der Waals surface area contributed by atoms with E-state index in [2.05, 4.69) is 9.47 Å². The highest BCUT2D eigenvalue weighted by Crippen LogP contribution is 2.64. The molecule has 1 aliphatic rings. The topological polar surface area (TPSA) is 58.9 Å². The van der Waals surface area contributed by atoms with Gasteiger partial charge in [-0.3, -0.25) is 0 Å². The second kappa shape index (κ2) is 8.72. The SMILES string of the molecule is CC1(C)O[C@@H](C(O)(C(F)(F)C(F)(F)F)C(F)(F)C(F)(F)F)[C@H](C(O)(C(F)(F)C(F)(F)F)C(F)(F)C(F)(F)F)O1. The fraction of sp³-hybridized carbons (Fsp3) is 1.00. The Morgan fingerprint density at radius 3 is 0.692 bits per heavy atom. The molecule has 1 heterocycles. The smallest absolute Gasteiger partial charge is 0.376 e. The minimum Gasteiger partial charge on any atom is -0.376 e. The van der Waals surface area contributed by atoms with Gasteiger partial charge in [-0.15, -0.1) is 0 Å². The molecule has 0 spiro atoms. The summed E-state index contributed by atoms with van der Waals surface area (Å²) in [5, 5.41) is 19.3. The standard InChI is InChI=1S/C15H10F20O4/c1-5(2)38-3(6(36,8(16,17)12(24,25)26)9(18,19)13(27,28)29)4(39-5)7(37,10(20,21)14(30,31)32)11(22,23)15(33,34)35/h3-4,36-37H,1-2H3/t3-,4-/m1/s1. The number of rotatable bonds is 6. The summed E-state index contributed by atoms with van der Waals surface area (Å²) in [5.74, 6) is -36.4. The van der Waals surface area contributed by atoms with Gasteiger partial charge in [0, 0.05) is 0 Å². The first-order valence-electron chi connectivity index (χ1n) is 9.02. The Morgan fingerprint density at radius 1 is 0.410 bits per heavy atom. The average Bonchev–Trinajstić information content (AvgIpc) is 2.98. The maximum absolute atomic E-state index is 14.1. The Balaban J connectivity index is 4.45. The molecule has 4 nitrogen and oxygen atoms in total. The van der Waals surface area contributed by atoms with Crippen molar-refractivity contribution in [3.8, 4) is 0 Å². The highest BCUT2D eigenvalue weighted by Gasteiger charge is 2.94. The second-order valence-electron chi connectivity index (χ2n) is 8.30.